The Morgan fingerprint density at radius 1 is 0.900 bits per heavy atom. The molecule has 0 aromatic rings. The number of aliphatic hydroxyl groups is 1. The van der Waals surface area contributed by atoms with Crippen LogP contribution in [0.4, 0.5) is 0 Å². The van der Waals surface area contributed by atoms with Crippen molar-refractivity contribution in [3.63, 3.8) is 0 Å². The van der Waals surface area contributed by atoms with Gasteiger partial charge in [-0.15, -0.1) is 0 Å². The van der Waals surface area contributed by atoms with Crippen LogP contribution in [0.2, 0.25) is 0 Å². The van der Waals surface area contributed by atoms with Gasteiger partial charge in [0.1, 0.15) is 19.8 Å². The summed E-state index contributed by atoms with van der Waals surface area (Å²) in [6.45, 7) is 3.44. The van der Waals surface area contributed by atoms with Gasteiger partial charge in [-0.05, 0) is 0 Å². The third-order valence-electron chi connectivity index (χ3n) is 2.57. The molecule has 0 spiro atoms. The number of hydrogen-bond acceptors (Lipinski definition) is 7. The van der Waals surface area contributed by atoms with Crippen molar-refractivity contribution < 1.29 is 33.7 Å². The first-order valence-electron chi connectivity index (χ1n) is 6.44. The standard InChI is InChI=1S/C13H22O7/c1-4-11(16)19-8-13(6-14,7-18-10(3)15)9-20-12(17)5-2/h14H,4-9H2,1-3H3. The summed E-state index contributed by atoms with van der Waals surface area (Å²) in [6.07, 6.45) is 0.369. The minimum atomic E-state index is -1.14. The molecule has 0 aliphatic heterocycles. The molecule has 0 aromatic carbocycles. The molecule has 0 unspecified atom stereocenters. The molecule has 20 heavy (non-hydrogen) atoms. The van der Waals surface area contributed by atoms with Crippen molar-refractivity contribution in [2.24, 2.45) is 5.41 Å². The predicted octanol–water partition coefficient (Wildman–Crippen LogP) is 0.435. The average Bonchev–Trinajstić information content (AvgIpc) is 2.46. The summed E-state index contributed by atoms with van der Waals surface area (Å²) in [5.41, 5.74) is -1.14. The highest BCUT2D eigenvalue weighted by molar-refractivity contribution is 5.69. The maximum Gasteiger partial charge on any atom is 0.305 e. The fraction of sp³-hybridized carbons (Fsp3) is 0.769. The molecular formula is C13H22O7. The molecule has 0 rings (SSSR count). The first-order chi connectivity index (χ1) is 9.39. The Balaban J connectivity index is 4.71. The summed E-state index contributed by atoms with van der Waals surface area (Å²) in [6, 6.07) is 0. The van der Waals surface area contributed by atoms with Crippen molar-refractivity contribution >= 4 is 17.9 Å². The van der Waals surface area contributed by atoms with Gasteiger partial charge < -0.3 is 19.3 Å². The highest BCUT2D eigenvalue weighted by atomic mass is 16.6. The summed E-state index contributed by atoms with van der Waals surface area (Å²) in [4.78, 5) is 33.3. The van der Waals surface area contributed by atoms with Crippen molar-refractivity contribution in [1.82, 2.24) is 0 Å². The largest absolute Gasteiger partial charge is 0.465 e. The SMILES string of the molecule is CCC(=O)OCC(CO)(COC(C)=O)COC(=O)CC. The lowest BCUT2D eigenvalue weighted by Gasteiger charge is -2.29. The molecule has 0 aliphatic carbocycles. The van der Waals surface area contributed by atoms with Gasteiger partial charge in [0, 0.05) is 19.8 Å². The van der Waals surface area contributed by atoms with Crippen LogP contribution >= 0.6 is 0 Å². The van der Waals surface area contributed by atoms with E-state index in [2.05, 4.69) is 0 Å². The van der Waals surface area contributed by atoms with Gasteiger partial charge >= 0.3 is 17.9 Å². The zero-order valence-corrected chi connectivity index (χ0v) is 12.1. The molecule has 0 atom stereocenters. The van der Waals surface area contributed by atoms with E-state index in [1.165, 1.54) is 6.92 Å². The topological polar surface area (TPSA) is 99.1 Å². The minimum Gasteiger partial charge on any atom is -0.465 e. The Hall–Kier alpha value is -1.63. The van der Waals surface area contributed by atoms with Crippen LogP contribution in [0.3, 0.4) is 0 Å². The molecule has 0 aliphatic rings. The summed E-state index contributed by atoms with van der Waals surface area (Å²) in [7, 11) is 0. The fourth-order valence-corrected chi connectivity index (χ4v) is 1.19. The smallest absolute Gasteiger partial charge is 0.305 e. The van der Waals surface area contributed by atoms with Gasteiger partial charge in [-0.25, -0.2) is 0 Å². The molecule has 0 amide bonds. The molecule has 0 heterocycles. The molecule has 0 radical (unpaired) electrons. The Bertz CT molecular complexity index is 318. The van der Waals surface area contributed by atoms with E-state index in [1.54, 1.807) is 13.8 Å². The molecule has 0 fully saturated rings. The maximum absolute atomic E-state index is 11.2. The normalized spacial score (nSPS) is 10.8. The maximum atomic E-state index is 11.2. The Kier molecular flexibility index (Phi) is 8.54. The van der Waals surface area contributed by atoms with Crippen LogP contribution in [0.15, 0.2) is 0 Å². The van der Waals surface area contributed by atoms with Crippen LogP contribution < -0.4 is 0 Å². The van der Waals surface area contributed by atoms with Gasteiger partial charge in [-0.3, -0.25) is 14.4 Å². The van der Waals surface area contributed by atoms with E-state index in [4.69, 9.17) is 14.2 Å². The zero-order valence-electron chi connectivity index (χ0n) is 12.1. The zero-order chi connectivity index (χ0) is 15.6. The molecule has 7 nitrogen and oxygen atoms in total. The van der Waals surface area contributed by atoms with E-state index in [-0.39, 0.29) is 32.7 Å². The van der Waals surface area contributed by atoms with Crippen molar-refractivity contribution in [2.45, 2.75) is 33.6 Å². The van der Waals surface area contributed by atoms with Crippen LogP contribution in [0, 0.1) is 5.41 Å². The van der Waals surface area contributed by atoms with Gasteiger partial charge in [-0.2, -0.15) is 0 Å². The number of carbonyl (C=O) groups excluding carboxylic acids is 3. The average molecular weight is 290 g/mol. The van der Waals surface area contributed by atoms with Crippen LogP contribution in [0.25, 0.3) is 0 Å². The third kappa shape index (κ3) is 7.08. The second-order valence-corrected chi connectivity index (χ2v) is 4.47. The van der Waals surface area contributed by atoms with Crippen LogP contribution in [-0.4, -0.2) is 49.4 Å². The first kappa shape index (κ1) is 18.4. The van der Waals surface area contributed by atoms with Gasteiger partial charge in [0.15, 0.2) is 0 Å². The Labute approximate surface area is 118 Å². The van der Waals surface area contributed by atoms with Gasteiger partial charge in [0.05, 0.1) is 12.0 Å². The van der Waals surface area contributed by atoms with Crippen molar-refractivity contribution in [2.75, 3.05) is 26.4 Å². The molecular weight excluding hydrogens is 268 g/mol. The summed E-state index contributed by atoms with van der Waals surface area (Å²) >= 11 is 0. The molecule has 7 heteroatoms. The second-order valence-electron chi connectivity index (χ2n) is 4.47. The van der Waals surface area contributed by atoms with Crippen LogP contribution in [0.1, 0.15) is 33.6 Å². The van der Waals surface area contributed by atoms with Crippen molar-refractivity contribution in [3.05, 3.63) is 0 Å². The third-order valence-corrected chi connectivity index (χ3v) is 2.57. The summed E-state index contributed by atoms with van der Waals surface area (Å²) < 4.78 is 14.8. The predicted molar refractivity (Wildman–Crippen MR) is 68.7 cm³/mol. The lowest BCUT2D eigenvalue weighted by molar-refractivity contribution is -0.164. The quantitative estimate of drug-likeness (QED) is 0.485. The molecule has 0 bridgehead atoms. The number of ether oxygens (including phenoxy) is 3. The van der Waals surface area contributed by atoms with E-state index in [0.29, 0.717) is 0 Å². The molecule has 1 N–H and O–H groups in total. The number of hydrogen-bond donors (Lipinski definition) is 1. The summed E-state index contributed by atoms with van der Waals surface area (Å²) in [5.74, 6) is -1.44. The molecule has 0 saturated carbocycles. The Morgan fingerprint density at radius 3 is 1.60 bits per heavy atom. The van der Waals surface area contributed by atoms with E-state index < -0.39 is 29.9 Å². The number of esters is 3. The van der Waals surface area contributed by atoms with Gasteiger partial charge in [0.25, 0.3) is 0 Å². The second kappa shape index (κ2) is 9.30. The highest BCUT2D eigenvalue weighted by Crippen LogP contribution is 2.19. The minimum absolute atomic E-state index is 0.184. The van der Waals surface area contributed by atoms with E-state index >= 15 is 0 Å². The summed E-state index contributed by atoms with van der Waals surface area (Å²) in [5, 5.41) is 9.49. The molecule has 116 valence electrons. The van der Waals surface area contributed by atoms with Crippen LogP contribution in [-0.2, 0) is 28.6 Å². The fourth-order valence-electron chi connectivity index (χ4n) is 1.19. The van der Waals surface area contributed by atoms with Crippen molar-refractivity contribution in [1.29, 1.82) is 0 Å². The van der Waals surface area contributed by atoms with E-state index in [9.17, 15) is 19.5 Å². The number of aliphatic hydroxyl groups excluding tert-OH is 1. The monoisotopic (exact) mass is 290 g/mol. The van der Waals surface area contributed by atoms with E-state index in [1.807, 2.05) is 0 Å². The van der Waals surface area contributed by atoms with E-state index in [0.717, 1.165) is 0 Å². The lowest BCUT2D eigenvalue weighted by Crippen LogP contribution is -2.42. The van der Waals surface area contributed by atoms with Gasteiger partial charge in [-0.1, -0.05) is 13.8 Å². The van der Waals surface area contributed by atoms with Gasteiger partial charge in [0.2, 0.25) is 0 Å². The number of rotatable bonds is 9. The molecule has 0 saturated heterocycles. The van der Waals surface area contributed by atoms with Crippen LogP contribution in [0.5, 0.6) is 0 Å². The number of carbonyl (C=O) groups is 3. The molecule has 0 aromatic heterocycles. The Morgan fingerprint density at radius 2 is 1.30 bits per heavy atom. The lowest BCUT2D eigenvalue weighted by atomic mass is 9.92. The highest BCUT2D eigenvalue weighted by Gasteiger charge is 2.35. The first-order valence-corrected chi connectivity index (χ1v) is 6.44. The van der Waals surface area contributed by atoms with Crippen molar-refractivity contribution in [3.8, 4) is 0 Å².